The third-order valence-electron chi connectivity index (χ3n) is 5.77. The van der Waals surface area contributed by atoms with Gasteiger partial charge in [-0.15, -0.1) is 0 Å². The molecule has 2 aliphatic heterocycles. The van der Waals surface area contributed by atoms with Crippen LogP contribution in [0.3, 0.4) is 0 Å². The zero-order chi connectivity index (χ0) is 19.8. The molecule has 7 nitrogen and oxygen atoms in total. The second-order valence-electron chi connectivity index (χ2n) is 7.98. The van der Waals surface area contributed by atoms with E-state index in [9.17, 15) is 14.4 Å². The lowest BCUT2D eigenvalue weighted by molar-refractivity contribution is -0.139. The number of benzene rings is 1. The molecule has 2 aliphatic rings. The van der Waals surface area contributed by atoms with Gasteiger partial charge in [0.25, 0.3) is 0 Å². The van der Waals surface area contributed by atoms with Crippen molar-refractivity contribution in [1.29, 1.82) is 0 Å². The zero-order valence-corrected chi connectivity index (χ0v) is 16.1. The number of carbonyl (C=O) groups excluding carboxylic acids is 3. The fourth-order valence-electron chi connectivity index (χ4n) is 4.22. The van der Waals surface area contributed by atoms with E-state index >= 15 is 0 Å². The summed E-state index contributed by atoms with van der Waals surface area (Å²) in [6, 6.07) is 6.25. The van der Waals surface area contributed by atoms with Gasteiger partial charge >= 0.3 is 0 Å². The van der Waals surface area contributed by atoms with Crippen molar-refractivity contribution < 1.29 is 14.4 Å². The number of nitrogens with zero attached hydrogens (tertiary/aromatic N) is 1. The van der Waals surface area contributed by atoms with Crippen molar-refractivity contribution in [2.45, 2.75) is 50.6 Å². The average molecular weight is 372 g/mol. The first-order valence-corrected chi connectivity index (χ1v) is 9.48. The van der Waals surface area contributed by atoms with Gasteiger partial charge in [-0.25, -0.2) is 0 Å². The van der Waals surface area contributed by atoms with Crippen LogP contribution in [0.4, 0.5) is 5.69 Å². The Kier molecular flexibility index (Phi) is 5.24. The summed E-state index contributed by atoms with van der Waals surface area (Å²) in [5.74, 6) is -0.446. The molecule has 0 aromatic heterocycles. The quantitative estimate of drug-likeness (QED) is 0.692. The molecule has 3 atom stereocenters. The SMILES string of the molecule is CNC(CCC(C)C)C(=O)N1C[C@]2(C[C@H]1C(N)=O)C(=O)Nc1ccccc12. The molecule has 1 spiro atoms. The molecule has 4 N–H and O–H groups in total. The van der Waals surface area contributed by atoms with Crippen molar-refractivity contribution in [2.75, 3.05) is 18.9 Å². The van der Waals surface area contributed by atoms with E-state index in [1.165, 1.54) is 4.90 Å². The topological polar surface area (TPSA) is 105 Å². The number of carbonyl (C=O) groups is 3. The van der Waals surface area contributed by atoms with E-state index in [1.54, 1.807) is 7.05 Å². The Bertz CT molecular complexity index is 763. The number of rotatable bonds is 6. The monoisotopic (exact) mass is 372 g/mol. The van der Waals surface area contributed by atoms with Gasteiger partial charge in [0.1, 0.15) is 6.04 Å². The molecule has 1 fully saturated rings. The lowest BCUT2D eigenvalue weighted by Gasteiger charge is -2.28. The summed E-state index contributed by atoms with van der Waals surface area (Å²) in [4.78, 5) is 39.6. The molecule has 27 heavy (non-hydrogen) atoms. The Labute approximate surface area is 159 Å². The van der Waals surface area contributed by atoms with E-state index in [2.05, 4.69) is 24.5 Å². The average Bonchev–Trinajstić information content (AvgIpc) is 3.16. The molecule has 0 radical (unpaired) electrons. The van der Waals surface area contributed by atoms with Crippen LogP contribution in [-0.2, 0) is 19.8 Å². The van der Waals surface area contributed by atoms with Crippen LogP contribution in [0.15, 0.2) is 24.3 Å². The highest BCUT2D eigenvalue weighted by Gasteiger charge is 2.57. The molecular weight excluding hydrogens is 344 g/mol. The second-order valence-corrected chi connectivity index (χ2v) is 7.98. The molecular formula is C20H28N4O3. The number of primary amides is 1. The molecule has 0 saturated carbocycles. The number of para-hydroxylation sites is 1. The predicted octanol–water partition coefficient (Wildman–Crippen LogP) is 0.987. The van der Waals surface area contributed by atoms with Crippen LogP contribution >= 0.6 is 0 Å². The summed E-state index contributed by atoms with van der Waals surface area (Å²) < 4.78 is 0. The minimum atomic E-state index is -0.914. The molecule has 3 amide bonds. The molecule has 3 rings (SSSR count). The Morgan fingerprint density at radius 2 is 2.04 bits per heavy atom. The smallest absolute Gasteiger partial charge is 0.240 e. The summed E-state index contributed by atoms with van der Waals surface area (Å²) >= 11 is 0. The van der Waals surface area contributed by atoms with Gasteiger partial charge in [-0.05, 0) is 43.9 Å². The maximum absolute atomic E-state index is 13.2. The Morgan fingerprint density at radius 3 is 2.67 bits per heavy atom. The Morgan fingerprint density at radius 1 is 1.33 bits per heavy atom. The number of hydrogen-bond donors (Lipinski definition) is 3. The molecule has 1 saturated heterocycles. The third kappa shape index (κ3) is 3.32. The van der Waals surface area contributed by atoms with Crippen LogP contribution in [0.1, 0.15) is 38.7 Å². The standard InChI is InChI=1S/C20H28N4O3/c1-12(2)8-9-15(22-3)18(26)24-11-20(10-16(24)17(21)25)13-6-4-5-7-14(13)23-19(20)27/h4-7,12,15-16,22H,8-11H2,1-3H3,(H2,21,25)(H,23,27)/t15?,16-,20-/m0/s1. The molecule has 7 heteroatoms. The predicted molar refractivity (Wildman–Crippen MR) is 103 cm³/mol. The van der Waals surface area contributed by atoms with E-state index in [0.29, 0.717) is 12.3 Å². The summed E-state index contributed by atoms with van der Waals surface area (Å²) in [5, 5.41) is 5.95. The molecule has 0 aliphatic carbocycles. The van der Waals surface area contributed by atoms with Crippen LogP contribution in [0.25, 0.3) is 0 Å². The largest absolute Gasteiger partial charge is 0.368 e. The molecule has 0 bridgehead atoms. The molecule has 1 aromatic rings. The summed E-state index contributed by atoms with van der Waals surface area (Å²) in [5.41, 5.74) is 6.28. The minimum absolute atomic E-state index is 0.169. The van der Waals surface area contributed by atoms with Crippen LogP contribution < -0.4 is 16.4 Å². The highest BCUT2D eigenvalue weighted by molar-refractivity contribution is 6.08. The van der Waals surface area contributed by atoms with Gasteiger partial charge in [-0.1, -0.05) is 32.0 Å². The summed E-state index contributed by atoms with van der Waals surface area (Å²) in [6.45, 7) is 4.38. The lowest BCUT2D eigenvalue weighted by atomic mass is 9.79. The number of likely N-dealkylation sites (tertiary alicyclic amines) is 1. The van der Waals surface area contributed by atoms with Crippen molar-refractivity contribution in [2.24, 2.45) is 11.7 Å². The van der Waals surface area contributed by atoms with Crippen LogP contribution in [0, 0.1) is 5.92 Å². The number of likely N-dealkylation sites (N-methyl/N-ethyl adjacent to an activating group) is 1. The summed E-state index contributed by atoms with van der Waals surface area (Å²) in [6.07, 6.45) is 1.78. The van der Waals surface area contributed by atoms with E-state index in [-0.39, 0.29) is 24.8 Å². The number of nitrogens with one attached hydrogen (secondary N) is 2. The molecule has 146 valence electrons. The lowest BCUT2D eigenvalue weighted by Crippen LogP contribution is -2.51. The molecule has 1 unspecified atom stereocenters. The van der Waals surface area contributed by atoms with Crippen LogP contribution in [0.2, 0.25) is 0 Å². The van der Waals surface area contributed by atoms with Crippen LogP contribution in [-0.4, -0.2) is 48.3 Å². The van der Waals surface area contributed by atoms with Gasteiger partial charge < -0.3 is 21.3 Å². The third-order valence-corrected chi connectivity index (χ3v) is 5.77. The fraction of sp³-hybridized carbons (Fsp3) is 0.550. The number of nitrogens with two attached hydrogens (primary N) is 1. The molecule has 1 aromatic carbocycles. The fourth-order valence-corrected chi connectivity index (χ4v) is 4.22. The summed E-state index contributed by atoms with van der Waals surface area (Å²) in [7, 11) is 1.74. The van der Waals surface area contributed by atoms with Crippen molar-refractivity contribution >= 4 is 23.4 Å². The maximum Gasteiger partial charge on any atom is 0.240 e. The zero-order valence-electron chi connectivity index (χ0n) is 16.1. The molecule has 2 heterocycles. The van der Waals surface area contributed by atoms with Gasteiger partial charge in [0, 0.05) is 12.2 Å². The second kappa shape index (κ2) is 7.31. The Hall–Kier alpha value is -2.41. The number of fused-ring (bicyclic) bond motifs is 2. The van der Waals surface area contributed by atoms with E-state index in [0.717, 1.165) is 17.7 Å². The van der Waals surface area contributed by atoms with E-state index < -0.39 is 23.4 Å². The van der Waals surface area contributed by atoms with Gasteiger partial charge in [-0.3, -0.25) is 14.4 Å². The normalized spacial score (nSPS) is 25.0. The van der Waals surface area contributed by atoms with Gasteiger partial charge in [0.2, 0.25) is 17.7 Å². The number of anilines is 1. The minimum Gasteiger partial charge on any atom is -0.368 e. The maximum atomic E-state index is 13.2. The van der Waals surface area contributed by atoms with E-state index in [4.69, 9.17) is 5.73 Å². The van der Waals surface area contributed by atoms with Crippen molar-refractivity contribution in [3.63, 3.8) is 0 Å². The van der Waals surface area contributed by atoms with Crippen molar-refractivity contribution in [3.05, 3.63) is 29.8 Å². The number of hydrogen-bond acceptors (Lipinski definition) is 4. The van der Waals surface area contributed by atoms with Crippen molar-refractivity contribution in [1.82, 2.24) is 10.2 Å². The first-order valence-electron chi connectivity index (χ1n) is 9.48. The van der Waals surface area contributed by atoms with Gasteiger partial charge in [-0.2, -0.15) is 0 Å². The Balaban J connectivity index is 1.91. The van der Waals surface area contributed by atoms with Gasteiger partial charge in [0.05, 0.1) is 11.5 Å². The van der Waals surface area contributed by atoms with Crippen LogP contribution in [0.5, 0.6) is 0 Å². The highest BCUT2D eigenvalue weighted by atomic mass is 16.2. The first-order chi connectivity index (χ1) is 12.8. The number of amides is 3. The van der Waals surface area contributed by atoms with E-state index in [1.807, 2.05) is 24.3 Å². The van der Waals surface area contributed by atoms with Gasteiger partial charge in [0.15, 0.2) is 0 Å². The van der Waals surface area contributed by atoms with Crippen molar-refractivity contribution in [3.8, 4) is 0 Å². The first kappa shape index (κ1) is 19.4. The highest BCUT2D eigenvalue weighted by Crippen LogP contribution is 2.46.